The van der Waals surface area contributed by atoms with E-state index in [1.54, 1.807) is 48.3 Å². The first-order chi connectivity index (χ1) is 19.8. The van der Waals surface area contributed by atoms with Crippen LogP contribution in [0.5, 0.6) is 0 Å². The number of hydrogen-bond acceptors (Lipinski definition) is 7. The van der Waals surface area contributed by atoms with E-state index in [4.69, 9.17) is 10.7 Å². The lowest BCUT2D eigenvalue weighted by atomic mass is 10.1. The monoisotopic (exact) mass is 543 g/mol. The Bertz CT molecular complexity index is 2080. The Labute approximate surface area is 234 Å². The fourth-order valence-corrected chi connectivity index (χ4v) is 4.78. The van der Waals surface area contributed by atoms with E-state index in [0.29, 0.717) is 33.6 Å². The summed E-state index contributed by atoms with van der Waals surface area (Å²) >= 11 is 0. The Morgan fingerprint density at radius 2 is 1.80 bits per heavy atom. The van der Waals surface area contributed by atoms with E-state index in [2.05, 4.69) is 32.3 Å². The minimum absolute atomic E-state index is 0.0485. The zero-order valence-electron chi connectivity index (χ0n) is 22.5. The summed E-state index contributed by atoms with van der Waals surface area (Å²) in [5, 5.41) is 11.8. The smallest absolute Gasteiger partial charge is 0.267 e. The van der Waals surface area contributed by atoms with Gasteiger partial charge in [-0.05, 0) is 44.2 Å². The third-order valence-electron chi connectivity index (χ3n) is 6.67. The molecule has 4 aromatic heterocycles. The number of nitrogens with two attached hydrogens (primary N) is 1. The molecule has 0 saturated carbocycles. The van der Waals surface area contributed by atoms with Gasteiger partial charge in [-0.1, -0.05) is 36.1 Å². The number of aromatic nitrogens is 7. The Morgan fingerprint density at radius 3 is 2.56 bits per heavy atom. The largest absolute Gasteiger partial charge is 0.381 e. The Morgan fingerprint density at radius 1 is 1.02 bits per heavy atom. The molecule has 0 bridgehead atoms. The maximum absolute atomic E-state index is 14.2. The topological polar surface area (TPSA) is 138 Å². The molecule has 41 heavy (non-hydrogen) atoms. The number of nitrogens with zero attached hydrogens (tertiary/aromatic N) is 7. The highest BCUT2D eigenvalue weighted by Gasteiger charge is 2.24. The molecule has 1 amide bonds. The lowest BCUT2D eigenvalue weighted by Crippen LogP contribution is -2.33. The van der Waals surface area contributed by atoms with Gasteiger partial charge in [-0.3, -0.25) is 18.8 Å². The molecule has 11 heteroatoms. The number of nitrogen functional groups attached to an aromatic ring is 1. The van der Waals surface area contributed by atoms with Crippen molar-refractivity contribution in [1.82, 2.24) is 39.2 Å². The second-order valence-electron chi connectivity index (χ2n) is 9.54. The number of rotatable bonds is 4. The Balaban J connectivity index is 1.48. The third kappa shape index (κ3) is 4.57. The number of nitrogens with one attached hydrogen (secondary N) is 1. The molecule has 0 aliphatic carbocycles. The van der Waals surface area contributed by atoms with Crippen molar-refractivity contribution in [3.8, 4) is 17.5 Å². The fraction of sp³-hybridized carbons (Fsp3) is 0.133. The van der Waals surface area contributed by atoms with Crippen molar-refractivity contribution in [2.24, 2.45) is 7.05 Å². The summed E-state index contributed by atoms with van der Waals surface area (Å²) in [5.74, 6) is 6.19. The summed E-state index contributed by atoms with van der Waals surface area (Å²) in [4.78, 5) is 36.7. The Kier molecular flexibility index (Phi) is 6.28. The minimum atomic E-state index is -0.689. The molecule has 6 aromatic rings. The van der Waals surface area contributed by atoms with E-state index in [1.807, 2.05) is 50.5 Å². The van der Waals surface area contributed by atoms with Gasteiger partial charge in [0.1, 0.15) is 11.4 Å². The van der Waals surface area contributed by atoms with Crippen LogP contribution >= 0.6 is 0 Å². The number of aryl methyl sites for hydroxylation is 2. The van der Waals surface area contributed by atoms with Crippen LogP contribution < -0.4 is 16.6 Å². The highest BCUT2D eigenvalue weighted by Crippen LogP contribution is 2.22. The summed E-state index contributed by atoms with van der Waals surface area (Å²) in [6, 6.07) is 15.5. The van der Waals surface area contributed by atoms with Crippen LogP contribution in [-0.4, -0.2) is 39.8 Å². The van der Waals surface area contributed by atoms with Gasteiger partial charge in [0.25, 0.3) is 11.5 Å². The second kappa shape index (κ2) is 10.1. The van der Waals surface area contributed by atoms with Gasteiger partial charge in [-0.25, -0.2) is 14.5 Å². The molecule has 0 unspecified atom stereocenters. The van der Waals surface area contributed by atoms with Crippen molar-refractivity contribution in [3.05, 3.63) is 112 Å². The van der Waals surface area contributed by atoms with Crippen molar-refractivity contribution in [3.63, 3.8) is 0 Å². The summed E-state index contributed by atoms with van der Waals surface area (Å²) in [5.41, 5.74) is 9.42. The summed E-state index contributed by atoms with van der Waals surface area (Å²) in [6.07, 6.45) is 5.06. The number of fused-ring (bicyclic) bond motifs is 2. The molecule has 1 atom stereocenters. The van der Waals surface area contributed by atoms with Crippen LogP contribution in [0, 0.1) is 18.8 Å². The van der Waals surface area contributed by atoms with Gasteiger partial charge in [0.05, 0.1) is 33.9 Å². The molecule has 0 aliphatic heterocycles. The van der Waals surface area contributed by atoms with Gasteiger partial charge in [-0.15, -0.1) is 5.10 Å². The highest BCUT2D eigenvalue weighted by molar-refractivity contribution is 6.04. The predicted molar refractivity (Wildman–Crippen MR) is 155 cm³/mol. The van der Waals surface area contributed by atoms with Gasteiger partial charge in [0.15, 0.2) is 11.5 Å². The maximum atomic E-state index is 14.2. The van der Waals surface area contributed by atoms with Crippen LogP contribution in [0.1, 0.15) is 46.0 Å². The van der Waals surface area contributed by atoms with Crippen LogP contribution in [-0.2, 0) is 7.05 Å². The van der Waals surface area contributed by atoms with Crippen molar-refractivity contribution in [2.45, 2.75) is 19.9 Å². The first kappa shape index (κ1) is 25.5. The maximum Gasteiger partial charge on any atom is 0.267 e. The van der Waals surface area contributed by atoms with E-state index in [1.165, 1.54) is 9.08 Å². The van der Waals surface area contributed by atoms with E-state index in [9.17, 15) is 9.59 Å². The summed E-state index contributed by atoms with van der Waals surface area (Å²) < 4.78 is 4.65. The molecule has 3 N–H and O–H groups in total. The van der Waals surface area contributed by atoms with Crippen LogP contribution in [0.3, 0.4) is 0 Å². The number of benzene rings is 2. The summed E-state index contributed by atoms with van der Waals surface area (Å²) in [7, 11) is 1.83. The lowest BCUT2D eigenvalue weighted by molar-refractivity contribution is 0.0940. The zero-order chi connectivity index (χ0) is 28.7. The van der Waals surface area contributed by atoms with E-state index < -0.39 is 11.9 Å². The van der Waals surface area contributed by atoms with E-state index in [0.717, 1.165) is 11.3 Å². The minimum Gasteiger partial charge on any atom is -0.381 e. The number of carbonyl (C=O) groups is 1. The summed E-state index contributed by atoms with van der Waals surface area (Å²) in [6.45, 7) is 3.64. The van der Waals surface area contributed by atoms with Crippen molar-refractivity contribution in [2.75, 3.05) is 5.73 Å². The Hall–Kier alpha value is -5.76. The molecular weight excluding hydrogens is 518 g/mol. The normalized spacial score (nSPS) is 11.8. The molecule has 6 rings (SSSR count). The van der Waals surface area contributed by atoms with E-state index in [-0.39, 0.29) is 16.9 Å². The predicted octanol–water partition coefficient (Wildman–Crippen LogP) is 2.94. The van der Waals surface area contributed by atoms with Crippen molar-refractivity contribution in [1.29, 1.82) is 0 Å². The molecule has 0 fully saturated rings. The zero-order valence-corrected chi connectivity index (χ0v) is 22.5. The SMILES string of the molecule is Cc1nn(C)cc1C#Cc1cccc2nc([C@@H](C)NC(=O)c3c(N)nn4cccnc34)n(-c3ccccc3)c(=O)c12. The van der Waals surface area contributed by atoms with E-state index >= 15 is 0 Å². The molecule has 11 nitrogen and oxygen atoms in total. The van der Waals surface area contributed by atoms with Crippen LogP contribution in [0.15, 0.2) is 78.0 Å². The van der Waals surface area contributed by atoms with Gasteiger partial charge in [-0.2, -0.15) is 5.10 Å². The van der Waals surface area contributed by atoms with Crippen LogP contribution in [0.2, 0.25) is 0 Å². The van der Waals surface area contributed by atoms with Gasteiger partial charge < -0.3 is 11.1 Å². The van der Waals surface area contributed by atoms with Crippen molar-refractivity contribution >= 4 is 28.3 Å². The molecular formula is C30H25N9O2. The third-order valence-corrected chi connectivity index (χ3v) is 6.67. The number of anilines is 1. The number of hydrogen-bond donors (Lipinski definition) is 2. The van der Waals surface area contributed by atoms with Crippen LogP contribution in [0.25, 0.3) is 22.2 Å². The second-order valence-corrected chi connectivity index (χ2v) is 9.54. The molecule has 4 heterocycles. The van der Waals surface area contributed by atoms with Crippen LogP contribution in [0.4, 0.5) is 5.82 Å². The number of amides is 1. The molecule has 0 radical (unpaired) electrons. The average molecular weight is 544 g/mol. The first-order valence-electron chi connectivity index (χ1n) is 12.8. The lowest BCUT2D eigenvalue weighted by Gasteiger charge is -2.20. The van der Waals surface area contributed by atoms with Gasteiger partial charge in [0.2, 0.25) is 0 Å². The van der Waals surface area contributed by atoms with Crippen molar-refractivity contribution < 1.29 is 4.79 Å². The quantitative estimate of drug-likeness (QED) is 0.326. The van der Waals surface area contributed by atoms with Gasteiger partial charge >= 0.3 is 0 Å². The average Bonchev–Trinajstić information content (AvgIpc) is 3.48. The number of carbonyl (C=O) groups excluding carboxylic acids is 1. The molecule has 0 aliphatic rings. The molecule has 202 valence electrons. The molecule has 0 saturated heterocycles. The molecule has 0 spiro atoms. The molecule has 2 aromatic carbocycles. The fourth-order valence-electron chi connectivity index (χ4n) is 4.78. The highest BCUT2D eigenvalue weighted by atomic mass is 16.2. The standard InChI is InChI=1S/C30H25N9O2/c1-18-21(17-37(3)35-18)14-13-20-9-7-12-23-24(20)30(41)39(22-10-5-4-6-11-22)27(34-23)19(2)33-29(40)25-26(31)36-38-16-8-15-32-28(25)38/h4-12,15-17,19H,1-3H3,(H2,31,36)(H,33,40)/t19-/m1/s1. The number of para-hydroxylation sites is 1. The first-order valence-corrected chi connectivity index (χ1v) is 12.8. The van der Waals surface area contributed by atoms with Gasteiger partial charge in [0, 0.05) is 31.2 Å².